The summed E-state index contributed by atoms with van der Waals surface area (Å²) < 4.78 is 5.30. The van der Waals surface area contributed by atoms with Crippen molar-refractivity contribution in [2.45, 2.75) is 25.3 Å². The largest absolute Gasteiger partial charge is 0.462 e. The third-order valence-electron chi connectivity index (χ3n) is 3.61. The van der Waals surface area contributed by atoms with Crippen LogP contribution in [0.5, 0.6) is 0 Å². The predicted molar refractivity (Wildman–Crippen MR) is 77.5 cm³/mol. The normalized spacial score (nSPS) is 19.2. The molecule has 1 atom stereocenters. The van der Waals surface area contributed by atoms with Gasteiger partial charge in [-0.3, -0.25) is 4.79 Å². The smallest absolute Gasteiger partial charge is 0.265 e. The molecule has 1 aliphatic rings. The molecule has 1 amide bonds. The maximum absolute atomic E-state index is 12.6. The van der Waals surface area contributed by atoms with E-state index >= 15 is 0 Å². The molecule has 106 valence electrons. The maximum atomic E-state index is 12.6. The summed E-state index contributed by atoms with van der Waals surface area (Å²) in [5.74, 6) is 0.735. The molecule has 3 heterocycles. The zero-order chi connectivity index (χ0) is 13.9. The number of nitrogens with zero attached hydrogens (tertiary/aromatic N) is 2. The Morgan fingerprint density at radius 3 is 3.20 bits per heavy atom. The van der Waals surface area contributed by atoms with E-state index in [2.05, 4.69) is 4.98 Å². The lowest BCUT2D eigenvalue weighted by Gasteiger charge is -2.34. The number of thiazole rings is 1. The molecule has 2 aromatic heterocycles. The van der Waals surface area contributed by atoms with Crippen LogP contribution in [0.2, 0.25) is 0 Å². The van der Waals surface area contributed by atoms with Gasteiger partial charge < -0.3 is 15.1 Å². The number of carbonyl (C=O) groups excluding carboxylic acids is 1. The Morgan fingerprint density at radius 1 is 1.55 bits per heavy atom. The molecule has 5 nitrogen and oxygen atoms in total. The standard InChI is InChI=1S/C14H17N3O2S/c15-8-10-4-1-2-6-17(10)14(18)12-9-16-13(20-12)11-5-3-7-19-11/h3,5,7,9-10H,1-2,4,6,8,15H2. The van der Waals surface area contributed by atoms with Crippen molar-refractivity contribution >= 4 is 17.2 Å². The van der Waals surface area contributed by atoms with E-state index in [1.807, 2.05) is 17.0 Å². The van der Waals surface area contributed by atoms with Crippen LogP contribution in [0.25, 0.3) is 10.8 Å². The van der Waals surface area contributed by atoms with Crippen LogP contribution < -0.4 is 5.73 Å². The van der Waals surface area contributed by atoms with Gasteiger partial charge in [-0.15, -0.1) is 11.3 Å². The van der Waals surface area contributed by atoms with Crippen molar-refractivity contribution in [3.63, 3.8) is 0 Å². The topological polar surface area (TPSA) is 72.4 Å². The van der Waals surface area contributed by atoms with Gasteiger partial charge in [-0.1, -0.05) is 0 Å². The summed E-state index contributed by atoms with van der Waals surface area (Å²) in [4.78, 5) is 19.4. The molecule has 20 heavy (non-hydrogen) atoms. The second kappa shape index (κ2) is 5.76. The highest BCUT2D eigenvalue weighted by molar-refractivity contribution is 7.16. The van der Waals surface area contributed by atoms with E-state index in [4.69, 9.17) is 10.2 Å². The lowest BCUT2D eigenvalue weighted by atomic mass is 10.0. The van der Waals surface area contributed by atoms with Crippen LogP contribution in [0, 0.1) is 0 Å². The molecule has 0 saturated carbocycles. The van der Waals surface area contributed by atoms with Gasteiger partial charge in [-0.05, 0) is 31.4 Å². The first-order valence-electron chi connectivity index (χ1n) is 6.80. The molecule has 2 N–H and O–H groups in total. The van der Waals surface area contributed by atoms with Crippen molar-refractivity contribution in [2.24, 2.45) is 5.73 Å². The zero-order valence-electron chi connectivity index (χ0n) is 11.1. The summed E-state index contributed by atoms with van der Waals surface area (Å²) in [5, 5.41) is 0.736. The molecule has 0 aromatic carbocycles. The third kappa shape index (κ3) is 2.48. The molecule has 0 bridgehead atoms. The Kier molecular flexibility index (Phi) is 3.84. The molecule has 2 aromatic rings. The molecule has 0 radical (unpaired) electrons. The molecule has 1 fully saturated rings. The van der Waals surface area contributed by atoms with Gasteiger partial charge in [0.1, 0.15) is 4.88 Å². The zero-order valence-corrected chi connectivity index (χ0v) is 11.9. The van der Waals surface area contributed by atoms with E-state index in [0.29, 0.717) is 17.2 Å². The highest BCUT2D eigenvalue weighted by Gasteiger charge is 2.27. The molecule has 3 rings (SSSR count). The first kappa shape index (κ1) is 13.3. The fraction of sp³-hybridized carbons (Fsp3) is 0.429. The van der Waals surface area contributed by atoms with Crippen molar-refractivity contribution in [1.29, 1.82) is 0 Å². The monoisotopic (exact) mass is 291 g/mol. The number of carbonyl (C=O) groups is 1. The van der Waals surface area contributed by atoms with Crippen molar-refractivity contribution in [2.75, 3.05) is 13.1 Å². The number of piperidine rings is 1. The number of nitrogens with two attached hydrogens (primary N) is 1. The molecule has 1 aliphatic heterocycles. The molecule has 0 spiro atoms. The highest BCUT2D eigenvalue weighted by atomic mass is 32.1. The fourth-order valence-corrected chi connectivity index (χ4v) is 3.38. The van der Waals surface area contributed by atoms with Crippen molar-refractivity contribution in [1.82, 2.24) is 9.88 Å². The van der Waals surface area contributed by atoms with Gasteiger partial charge in [0.2, 0.25) is 0 Å². The van der Waals surface area contributed by atoms with Crippen LogP contribution >= 0.6 is 11.3 Å². The van der Waals surface area contributed by atoms with Gasteiger partial charge in [0.25, 0.3) is 5.91 Å². The predicted octanol–water partition coefficient (Wildman–Crippen LogP) is 2.36. The van der Waals surface area contributed by atoms with Crippen molar-refractivity contribution in [3.8, 4) is 10.8 Å². The highest BCUT2D eigenvalue weighted by Crippen LogP contribution is 2.27. The van der Waals surface area contributed by atoms with E-state index in [0.717, 1.165) is 30.8 Å². The maximum Gasteiger partial charge on any atom is 0.265 e. The lowest BCUT2D eigenvalue weighted by molar-refractivity contribution is 0.0628. The first-order chi connectivity index (χ1) is 9.79. The van der Waals surface area contributed by atoms with Crippen molar-refractivity contribution in [3.05, 3.63) is 29.5 Å². The number of amides is 1. The van der Waals surface area contributed by atoms with Crippen LogP contribution in [-0.2, 0) is 0 Å². The molecule has 0 aliphatic carbocycles. The first-order valence-corrected chi connectivity index (χ1v) is 7.62. The number of hydrogen-bond donors (Lipinski definition) is 1. The molecule has 1 saturated heterocycles. The van der Waals surface area contributed by atoms with E-state index in [1.165, 1.54) is 11.3 Å². The van der Waals surface area contributed by atoms with E-state index < -0.39 is 0 Å². The minimum atomic E-state index is 0.0375. The number of rotatable bonds is 3. The minimum absolute atomic E-state index is 0.0375. The van der Waals surface area contributed by atoms with Crippen LogP contribution in [0.1, 0.15) is 28.9 Å². The number of furan rings is 1. The van der Waals surface area contributed by atoms with E-state index in [-0.39, 0.29) is 11.9 Å². The quantitative estimate of drug-likeness (QED) is 0.942. The second-order valence-corrected chi connectivity index (χ2v) is 5.92. The number of hydrogen-bond acceptors (Lipinski definition) is 5. The average molecular weight is 291 g/mol. The number of aromatic nitrogens is 1. The Labute approximate surface area is 121 Å². The Morgan fingerprint density at radius 2 is 2.45 bits per heavy atom. The van der Waals surface area contributed by atoms with Gasteiger partial charge in [-0.2, -0.15) is 0 Å². The summed E-state index contributed by atoms with van der Waals surface area (Å²) in [5.41, 5.74) is 5.77. The summed E-state index contributed by atoms with van der Waals surface area (Å²) in [6, 6.07) is 3.81. The summed E-state index contributed by atoms with van der Waals surface area (Å²) >= 11 is 1.37. The molecular formula is C14H17N3O2S. The van der Waals surface area contributed by atoms with Gasteiger partial charge >= 0.3 is 0 Å². The Balaban J connectivity index is 1.80. The minimum Gasteiger partial charge on any atom is -0.462 e. The van der Waals surface area contributed by atoms with Crippen LogP contribution in [0.3, 0.4) is 0 Å². The molecule has 1 unspecified atom stereocenters. The average Bonchev–Trinajstić information content (AvgIpc) is 3.16. The molecule has 6 heteroatoms. The Hall–Kier alpha value is -1.66. The van der Waals surface area contributed by atoms with Crippen LogP contribution in [-0.4, -0.2) is 34.9 Å². The van der Waals surface area contributed by atoms with Gasteiger partial charge in [0.05, 0.1) is 12.5 Å². The van der Waals surface area contributed by atoms with Gasteiger partial charge in [-0.25, -0.2) is 4.98 Å². The third-order valence-corrected chi connectivity index (χ3v) is 4.61. The summed E-state index contributed by atoms with van der Waals surface area (Å²) in [6.45, 7) is 1.31. The molecular weight excluding hydrogens is 274 g/mol. The SMILES string of the molecule is NCC1CCCCN1C(=O)c1cnc(-c2ccco2)s1. The summed E-state index contributed by atoms with van der Waals surface area (Å²) in [7, 11) is 0. The van der Waals surface area contributed by atoms with E-state index in [9.17, 15) is 4.79 Å². The second-order valence-electron chi connectivity index (χ2n) is 4.89. The lowest BCUT2D eigenvalue weighted by Crippen LogP contribution is -2.47. The fourth-order valence-electron chi connectivity index (χ4n) is 2.54. The van der Waals surface area contributed by atoms with Gasteiger partial charge in [0, 0.05) is 19.1 Å². The van der Waals surface area contributed by atoms with Crippen LogP contribution in [0.4, 0.5) is 0 Å². The van der Waals surface area contributed by atoms with Crippen molar-refractivity contribution < 1.29 is 9.21 Å². The van der Waals surface area contributed by atoms with Gasteiger partial charge in [0.15, 0.2) is 10.8 Å². The number of likely N-dealkylation sites (tertiary alicyclic amines) is 1. The summed E-state index contributed by atoms with van der Waals surface area (Å²) in [6.07, 6.45) is 6.42. The van der Waals surface area contributed by atoms with Crippen LogP contribution in [0.15, 0.2) is 29.0 Å². The Bertz CT molecular complexity index is 579. The van der Waals surface area contributed by atoms with E-state index in [1.54, 1.807) is 12.5 Å².